The van der Waals surface area contributed by atoms with E-state index in [1.807, 2.05) is 37.2 Å². The molecule has 136 valence electrons. The van der Waals surface area contributed by atoms with E-state index in [0.717, 1.165) is 11.2 Å². The minimum atomic E-state index is -0.411. The molecule has 2 aromatic carbocycles. The number of ether oxygens (including phenoxy) is 1. The van der Waals surface area contributed by atoms with Gasteiger partial charge in [-0.15, -0.1) is 0 Å². The normalized spacial score (nSPS) is 10.9. The van der Waals surface area contributed by atoms with Gasteiger partial charge in [-0.3, -0.25) is 13.9 Å². The van der Waals surface area contributed by atoms with E-state index < -0.39 is 5.97 Å². The average molecular weight is 354 g/mol. The molecule has 0 saturated carbocycles. The summed E-state index contributed by atoms with van der Waals surface area (Å²) >= 11 is 0. The maximum Gasteiger partial charge on any atom is 0.333 e. The van der Waals surface area contributed by atoms with Crippen molar-refractivity contribution in [3.8, 4) is 11.4 Å². The van der Waals surface area contributed by atoms with Gasteiger partial charge in [-0.25, -0.2) is 4.79 Å². The van der Waals surface area contributed by atoms with Gasteiger partial charge in [-0.2, -0.15) is 0 Å². The average Bonchev–Trinajstić information content (AvgIpc) is 2.87. The lowest BCUT2D eigenvalue weighted by Gasteiger charge is -2.15. The zero-order valence-corrected chi connectivity index (χ0v) is 15.3. The predicted octanol–water partition coefficient (Wildman–Crippen LogP) is 2.29. The Kier molecular flexibility index (Phi) is 4.46. The molecule has 0 atom stereocenters. The molecule has 7 nitrogen and oxygen atoms in total. The number of rotatable bonds is 4. The van der Waals surface area contributed by atoms with Crippen LogP contribution in [0, 0.1) is 0 Å². The van der Waals surface area contributed by atoms with Crippen LogP contribution < -0.4 is 21.1 Å². The van der Waals surface area contributed by atoms with Crippen LogP contribution >= 0.6 is 0 Å². The Bertz CT molecular complexity index is 1050. The fourth-order valence-corrected chi connectivity index (χ4v) is 2.86. The minimum Gasteiger partial charge on any atom is -0.422 e. The van der Waals surface area contributed by atoms with Crippen LogP contribution in [0.3, 0.4) is 0 Å². The highest BCUT2D eigenvalue weighted by molar-refractivity contribution is 5.84. The number of para-hydroxylation sites is 1. The number of aromatic nitrogens is 2. The summed E-state index contributed by atoms with van der Waals surface area (Å²) in [5.41, 5.74) is 8.98. The lowest BCUT2D eigenvalue weighted by atomic mass is 10.2. The van der Waals surface area contributed by atoms with E-state index >= 15 is 0 Å². The van der Waals surface area contributed by atoms with Crippen molar-refractivity contribution in [3.05, 3.63) is 46.9 Å². The first-order valence-corrected chi connectivity index (χ1v) is 8.33. The molecule has 0 unspecified atom stereocenters. The van der Waals surface area contributed by atoms with Gasteiger partial charge in [-0.05, 0) is 30.3 Å². The Hall–Kier alpha value is -3.22. The molecule has 0 aliphatic rings. The van der Waals surface area contributed by atoms with Gasteiger partial charge in [0.05, 0.1) is 22.4 Å². The van der Waals surface area contributed by atoms with Crippen LogP contribution in [-0.2, 0) is 11.8 Å². The molecule has 2 N–H and O–H groups in total. The molecule has 0 amide bonds. The Morgan fingerprint density at radius 1 is 1.19 bits per heavy atom. The molecule has 1 aromatic heterocycles. The molecule has 0 aliphatic heterocycles. The van der Waals surface area contributed by atoms with Crippen molar-refractivity contribution in [3.63, 3.8) is 0 Å². The summed E-state index contributed by atoms with van der Waals surface area (Å²) in [4.78, 5) is 26.7. The van der Waals surface area contributed by atoms with Crippen molar-refractivity contribution in [2.24, 2.45) is 7.05 Å². The van der Waals surface area contributed by atoms with Crippen LogP contribution in [0.25, 0.3) is 16.7 Å². The van der Waals surface area contributed by atoms with Crippen molar-refractivity contribution in [2.75, 3.05) is 24.7 Å². The van der Waals surface area contributed by atoms with Gasteiger partial charge < -0.3 is 15.4 Å². The van der Waals surface area contributed by atoms with Crippen molar-refractivity contribution >= 4 is 28.4 Å². The summed E-state index contributed by atoms with van der Waals surface area (Å²) in [5.74, 6) is -0.212. The van der Waals surface area contributed by atoms with E-state index in [-0.39, 0.29) is 17.9 Å². The largest absolute Gasteiger partial charge is 0.422 e. The smallest absolute Gasteiger partial charge is 0.333 e. The third-order valence-electron chi connectivity index (χ3n) is 4.33. The molecule has 0 aliphatic carbocycles. The van der Waals surface area contributed by atoms with Crippen molar-refractivity contribution in [1.29, 1.82) is 0 Å². The molecule has 0 saturated heterocycles. The van der Waals surface area contributed by atoms with Crippen LogP contribution in [0.15, 0.2) is 41.2 Å². The van der Waals surface area contributed by atoms with Crippen LogP contribution in [0.1, 0.15) is 13.3 Å². The van der Waals surface area contributed by atoms with Gasteiger partial charge in [-0.1, -0.05) is 13.0 Å². The maximum absolute atomic E-state index is 12.9. The Balaban J connectivity index is 2.34. The third-order valence-corrected chi connectivity index (χ3v) is 4.33. The van der Waals surface area contributed by atoms with Crippen LogP contribution in [0.4, 0.5) is 11.4 Å². The number of anilines is 2. The van der Waals surface area contributed by atoms with Crippen molar-refractivity contribution in [2.45, 2.75) is 13.3 Å². The van der Waals surface area contributed by atoms with Crippen LogP contribution in [0.2, 0.25) is 0 Å². The summed E-state index contributed by atoms with van der Waals surface area (Å²) in [7, 11) is 5.57. The number of nitrogens with two attached hydrogens (primary N) is 1. The molecule has 0 spiro atoms. The summed E-state index contributed by atoms with van der Waals surface area (Å²) in [6.45, 7) is 1.70. The van der Waals surface area contributed by atoms with E-state index in [2.05, 4.69) is 0 Å². The predicted molar refractivity (Wildman–Crippen MR) is 103 cm³/mol. The SMILES string of the molecule is CCC(=O)Oc1c(N)cccc1-n1c(=O)n(C)c2ccc(N(C)C)cc21. The molecule has 26 heavy (non-hydrogen) atoms. The highest BCUT2D eigenvalue weighted by atomic mass is 16.5. The van der Waals surface area contributed by atoms with E-state index in [1.54, 1.807) is 36.7 Å². The van der Waals surface area contributed by atoms with E-state index in [4.69, 9.17) is 10.5 Å². The number of esters is 1. The number of fused-ring (bicyclic) bond motifs is 1. The highest BCUT2D eigenvalue weighted by Gasteiger charge is 2.19. The highest BCUT2D eigenvalue weighted by Crippen LogP contribution is 2.32. The Labute approximate surface area is 151 Å². The maximum atomic E-state index is 12.9. The molecular weight excluding hydrogens is 332 g/mol. The van der Waals surface area contributed by atoms with Crippen LogP contribution in [0.5, 0.6) is 5.75 Å². The van der Waals surface area contributed by atoms with Crippen LogP contribution in [-0.4, -0.2) is 29.2 Å². The molecule has 0 fully saturated rings. The second-order valence-corrected chi connectivity index (χ2v) is 6.27. The van der Waals surface area contributed by atoms with E-state index in [9.17, 15) is 9.59 Å². The quantitative estimate of drug-likeness (QED) is 0.442. The minimum absolute atomic E-state index is 0.198. The monoisotopic (exact) mass is 354 g/mol. The van der Waals surface area contributed by atoms with Gasteiger partial charge >= 0.3 is 11.7 Å². The standard InChI is InChI=1S/C19H22N4O3/c1-5-17(24)26-18-13(20)7-6-8-15(18)23-16-11-12(21(2)3)9-10-14(16)22(4)19(23)25/h6-11H,5,20H2,1-4H3. The number of carbonyl (C=O) groups is 1. The number of nitrogen functional groups attached to an aromatic ring is 1. The fourth-order valence-electron chi connectivity index (χ4n) is 2.86. The Morgan fingerprint density at radius 3 is 2.58 bits per heavy atom. The van der Waals surface area contributed by atoms with Gasteiger partial charge in [0.1, 0.15) is 0 Å². The Morgan fingerprint density at radius 2 is 1.92 bits per heavy atom. The lowest BCUT2D eigenvalue weighted by molar-refractivity contribution is -0.133. The summed E-state index contributed by atoms with van der Waals surface area (Å²) in [6.07, 6.45) is 0.211. The third kappa shape index (κ3) is 2.81. The topological polar surface area (TPSA) is 82.5 Å². The van der Waals surface area contributed by atoms with E-state index in [1.165, 1.54) is 4.57 Å². The number of nitrogens with zero attached hydrogens (tertiary/aromatic N) is 3. The van der Waals surface area contributed by atoms with Gasteiger partial charge in [0.15, 0.2) is 5.75 Å². The molecule has 0 bridgehead atoms. The summed E-state index contributed by atoms with van der Waals surface area (Å²) in [6, 6.07) is 10.9. The van der Waals surface area contributed by atoms with Gasteiger partial charge in [0, 0.05) is 33.3 Å². The molecule has 7 heteroatoms. The number of aryl methyl sites for hydroxylation is 1. The molecule has 3 aromatic rings. The fraction of sp³-hybridized carbons (Fsp3) is 0.263. The summed E-state index contributed by atoms with van der Waals surface area (Å²) < 4.78 is 8.51. The molecular formula is C19H22N4O3. The van der Waals surface area contributed by atoms with Crippen molar-refractivity contribution in [1.82, 2.24) is 9.13 Å². The molecule has 1 heterocycles. The zero-order valence-electron chi connectivity index (χ0n) is 15.3. The first-order valence-electron chi connectivity index (χ1n) is 8.33. The molecule has 3 rings (SSSR count). The first-order chi connectivity index (χ1) is 12.3. The number of benzene rings is 2. The summed E-state index contributed by atoms with van der Waals surface area (Å²) in [5, 5.41) is 0. The molecule has 0 radical (unpaired) electrons. The first kappa shape index (κ1) is 17.6. The number of hydrogen-bond acceptors (Lipinski definition) is 5. The van der Waals surface area contributed by atoms with Crippen molar-refractivity contribution < 1.29 is 9.53 Å². The van der Waals surface area contributed by atoms with Gasteiger partial charge in [0.25, 0.3) is 0 Å². The number of carbonyl (C=O) groups excluding carboxylic acids is 1. The van der Waals surface area contributed by atoms with Gasteiger partial charge in [0.2, 0.25) is 0 Å². The number of imidazole rings is 1. The zero-order chi connectivity index (χ0) is 19.0. The lowest BCUT2D eigenvalue weighted by Crippen LogP contribution is -2.22. The number of hydrogen-bond donors (Lipinski definition) is 1. The second-order valence-electron chi connectivity index (χ2n) is 6.27. The second kappa shape index (κ2) is 6.59. The van der Waals surface area contributed by atoms with E-state index in [0.29, 0.717) is 16.9 Å².